The summed E-state index contributed by atoms with van der Waals surface area (Å²) >= 11 is 0. The van der Waals surface area contributed by atoms with E-state index >= 15 is 0 Å². The van der Waals surface area contributed by atoms with E-state index in [0.29, 0.717) is 12.5 Å². The van der Waals surface area contributed by atoms with Crippen LogP contribution in [0.1, 0.15) is 18.5 Å². The molecule has 0 spiro atoms. The number of nitrogens with zero attached hydrogens (tertiary/aromatic N) is 1. The maximum Gasteiger partial charge on any atom is 0.226 e. The highest BCUT2D eigenvalue weighted by molar-refractivity contribution is 5.78. The second-order valence-electron chi connectivity index (χ2n) is 4.09. The molecule has 0 saturated carbocycles. The minimum atomic E-state index is 0.0746. The molecule has 0 radical (unpaired) electrons. The van der Waals surface area contributed by atoms with E-state index in [2.05, 4.69) is 15.6 Å². The standard InChI is InChI=1S/C12H17N3O/c16-12(9-11-3-1-2-6-14-11)15-10-4-7-13-8-5-10/h1-3,6,10,13H,4-5,7-9H2,(H,15,16). The SMILES string of the molecule is O=C(Cc1ccccn1)NC1CCNCC1. The molecule has 0 unspecified atom stereocenters. The monoisotopic (exact) mass is 219 g/mol. The van der Waals surface area contributed by atoms with Crippen LogP contribution in [0.3, 0.4) is 0 Å². The summed E-state index contributed by atoms with van der Waals surface area (Å²) in [7, 11) is 0. The predicted octanol–water partition coefficient (Wildman–Crippen LogP) is 0.492. The highest BCUT2D eigenvalue weighted by atomic mass is 16.1. The molecule has 0 aromatic carbocycles. The number of carbonyl (C=O) groups excluding carboxylic acids is 1. The lowest BCUT2D eigenvalue weighted by molar-refractivity contribution is -0.121. The first kappa shape index (κ1) is 11.1. The Bertz CT molecular complexity index is 333. The third-order valence-electron chi connectivity index (χ3n) is 2.77. The lowest BCUT2D eigenvalue weighted by atomic mass is 10.1. The highest BCUT2D eigenvalue weighted by Gasteiger charge is 2.15. The van der Waals surface area contributed by atoms with Gasteiger partial charge in [-0.25, -0.2) is 0 Å². The Labute approximate surface area is 95.5 Å². The van der Waals surface area contributed by atoms with E-state index in [9.17, 15) is 4.79 Å². The van der Waals surface area contributed by atoms with Crippen LogP contribution in [-0.4, -0.2) is 30.0 Å². The van der Waals surface area contributed by atoms with Crippen molar-refractivity contribution < 1.29 is 4.79 Å². The fourth-order valence-electron chi connectivity index (χ4n) is 1.91. The van der Waals surface area contributed by atoms with Gasteiger partial charge in [-0.05, 0) is 38.1 Å². The number of nitrogens with one attached hydrogen (secondary N) is 2. The Hall–Kier alpha value is -1.42. The minimum absolute atomic E-state index is 0.0746. The molecule has 2 heterocycles. The summed E-state index contributed by atoms with van der Waals surface area (Å²) in [4.78, 5) is 15.8. The second-order valence-corrected chi connectivity index (χ2v) is 4.09. The molecule has 1 saturated heterocycles. The normalized spacial score (nSPS) is 17.0. The molecule has 16 heavy (non-hydrogen) atoms. The fourth-order valence-corrected chi connectivity index (χ4v) is 1.91. The third kappa shape index (κ3) is 3.31. The van der Waals surface area contributed by atoms with Crippen molar-refractivity contribution in [3.8, 4) is 0 Å². The van der Waals surface area contributed by atoms with Gasteiger partial charge in [0.05, 0.1) is 6.42 Å². The van der Waals surface area contributed by atoms with E-state index in [4.69, 9.17) is 0 Å². The summed E-state index contributed by atoms with van der Waals surface area (Å²) < 4.78 is 0. The molecule has 1 amide bonds. The van der Waals surface area contributed by atoms with Gasteiger partial charge in [-0.15, -0.1) is 0 Å². The first-order valence-corrected chi connectivity index (χ1v) is 5.74. The average Bonchev–Trinajstić information content (AvgIpc) is 2.31. The predicted molar refractivity (Wildman–Crippen MR) is 62.0 cm³/mol. The summed E-state index contributed by atoms with van der Waals surface area (Å²) in [5.41, 5.74) is 0.828. The zero-order chi connectivity index (χ0) is 11.2. The van der Waals surface area contributed by atoms with Gasteiger partial charge in [0.1, 0.15) is 0 Å². The summed E-state index contributed by atoms with van der Waals surface area (Å²) in [6.07, 6.45) is 4.14. The molecule has 1 aromatic heterocycles. The van der Waals surface area contributed by atoms with Crippen molar-refractivity contribution in [3.05, 3.63) is 30.1 Å². The number of pyridine rings is 1. The molecular weight excluding hydrogens is 202 g/mol. The van der Waals surface area contributed by atoms with E-state index in [1.165, 1.54) is 0 Å². The summed E-state index contributed by atoms with van der Waals surface area (Å²) in [5.74, 6) is 0.0746. The zero-order valence-electron chi connectivity index (χ0n) is 9.28. The number of hydrogen-bond donors (Lipinski definition) is 2. The van der Waals surface area contributed by atoms with Gasteiger partial charge in [-0.1, -0.05) is 6.07 Å². The average molecular weight is 219 g/mol. The van der Waals surface area contributed by atoms with E-state index in [0.717, 1.165) is 31.6 Å². The molecule has 1 aliphatic heterocycles. The first-order valence-electron chi connectivity index (χ1n) is 5.74. The van der Waals surface area contributed by atoms with Crippen molar-refractivity contribution in [3.63, 3.8) is 0 Å². The van der Waals surface area contributed by atoms with Gasteiger partial charge >= 0.3 is 0 Å². The lowest BCUT2D eigenvalue weighted by Gasteiger charge is -2.23. The molecule has 1 aliphatic rings. The van der Waals surface area contributed by atoms with Gasteiger partial charge < -0.3 is 10.6 Å². The van der Waals surface area contributed by atoms with Gasteiger partial charge in [0.25, 0.3) is 0 Å². The molecule has 1 aromatic rings. The van der Waals surface area contributed by atoms with Gasteiger partial charge in [-0.3, -0.25) is 9.78 Å². The zero-order valence-corrected chi connectivity index (χ0v) is 9.28. The Morgan fingerprint density at radius 3 is 2.94 bits per heavy atom. The quantitative estimate of drug-likeness (QED) is 0.778. The van der Waals surface area contributed by atoms with Gasteiger partial charge in [0.2, 0.25) is 5.91 Å². The van der Waals surface area contributed by atoms with E-state index in [-0.39, 0.29) is 5.91 Å². The molecule has 4 nitrogen and oxygen atoms in total. The molecule has 86 valence electrons. The van der Waals surface area contributed by atoms with Crippen LogP contribution in [0.5, 0.6) is 0 Å². The maximum absolute atomic E-state index is 11.7. The van der Waals surface area contributed by atoms with Gasteiger partial charge in [0, 0.05) is 17.9 Å². The minimum Gasteiger partial charge on any atom is -0.353 e. The van der Waals surface area contributed by atoms with Crippen molar-refractivity contribution in [2.24, 2.45) is 0 Å². The largest absolute Gasteiger partial charge is 0.353 e. The van der Waals surface area contributed by atoms with Crippen LogP contribution in [0.4, 0.5) is 0 Å². The van der Waals surface area contributed by atoms with Crippen LogP contribution < -0.4 is 10.6 Å². The van der Waals surface area contributed by atoms with Gasteiger partial charge in [-0.2, -0.15) is 0 Å². The number of rotatable bonds is 3. The molecule has 0 bridgehead atoms. The van der Waals surface area contributed by atoms with Crippen LogP contribution in [0, 0.1) is 0 Å². The molecule has 4 heteroatoms. The smallest absolute Gasteiger partial charge is 0.226 e. The molecule has 0 aliphatic carbocycles. The summed E-state index contributed by atoms with van der Waals surface area (Å²) in [6, 6.07) is 5.97. The fraction of sp³-hybridized carbons (Fsp3) is 0.500. The topological polar surface area (TPSA) is 54.0 Å². The van der Waals surface area contributed by atoms with Crippen molar-refractivity contribution in [2.45, 2.75) is 25.3 Å². The Balaban J connectivity index is 1.80. The number of hydrogen-bond acceptors (Lipinski definition) is 3. The number of amides is 1. The third-order valence-corrected chi connectivity index (χ3v) is 2.77. The van der Waals surface area contributed by atoms with E-state index in [1.807, 2.05) is 18.2 Å². The number of aromatic nitrogens is 1. The molecule has 2 rings (SSSR count). The van der Waals surface area contributed by atoms with Crippen LogP contribution >= 0.6 is 0 Å². The van der Waals surface area contributed by atoms with E-state index in [1.54, 1.807) is 6.20 Å². The summed E-state index contributed by atoms with van der Waals surface area (Å²) in [5, 5.41) is 6.32. The van der Waals surface area contributed by atoms with Crippen LogP contribution in [-0.2, 0) is 11.2 Å². The van der Waals surface area contributed by atoms with Crippen LogP contribution in [0.2, 0.25) is 0 Å². The molecule has 1 fully saturated rings. The van der Waals surface area contributed by atoms with Crippen molar-refractivity contribution in [1.82, 2.24) is 15.6 Å². The number of piperidine rings is 1. The van der Waals surface area contributed by atoms with Crippen molar-refractivity contribution >= 4 is 5.91 Å². The second kappa shape index (κ2) is 5.61. The van der Waals surface area contributed by atoms with Crippen LogP contribution in [0.25, 0.3) is 0 Å². The Morgan fingerprint density at radius 2 is 2.25 bits per heavy atom. The Kier molecular flexibility index (Phi) is 3.88. The van der Waals surface area contributed by atoms with Gasteiger partial charge in [0.15, 0.2) is 0 Å². The van der Waals surface area contributed by atoms with E-state index < -0.39 is 0 Å². The van der Waals surface area contributed by atoms with Crippen LogP contribution in [0.15, 0.2) is 24.4 Å². The molecule has 0 atom stereocenters. The van der Waals surface area contributed by atoms with Crippen molar-refractivity contribution in [2.75, 3.05) is 13.1 Å². The first-order chi connectivity index (χ1) is 7.84. The number of carbonyl (C=O) groups is 1. The molecule has 2 N–H and O–H groups in total. The lowest BCUT2D eigenvalue weighted by Crippen LogP contribution is -2.43. The maximum atomic E-state index is 11.7. The molecular formula is C12H17N3O. The van der Waals surface area contributed by atoms with Crippen molar-refractivity contribution in [1.29, 1.82) is 0 Å². The Morgan fingerprint density at radius 1 is 1.44 bits per heavy atom. The summed E-state index contributed by atoms with van der Waals surface area (Å²) in [6.45, 7) is 1.99. The highest BCUT2D eigenvalue weighted by Crippen LogP contribution is 2.02.